The van der Waals surface area contributed by atoms with E-state index >= 15 is 0 Å². The number of rotatable bonds is 5. The highest BCUT2D eigenvalue weighted by Gasteiger charge is 2.13. The van der Waals surface area contributed by atoms with Gasteiger partial charge in [0.25, 0.3) is 0 Å². The molecule has 6 heteroatoms. The Morgan fingerprint density at radius 1 is 1.33 bits per heavy atom. The van der Waals surface area contributed by atoms with Gasteiger partial charge in [-0.2, -0.15) is 0 Å². The highest BCUT2D eigenvalue weighted by molar-refractivity contribution is 14.1. The number of nitrogens with one attached hydrogen (secondary N) is 1. The summed E-state index contributed by atoms with van der Waals surface area (Å²) in [5, 5.41) is 5.27. The molecule has 0 aliphatic rings. The number of aryl methyl sites for hydroxylation is 1. The lowest BCUT2D eigenvalue weighted by molar-refractivity contribution is 0.866. The first kappa shape index (κ1) is 13.7. The maximum atomic E-state index is 4.63. The number of nitrogens with zero attached hydrogens (tertiary/aromatic N) is 3. The number of hydrogen-bond acceptors (Lipinski definition) is 5. The maximum absolute atomic E-state index is 4.63. The zero-order valence-electron chi connectivity index (χ0n) is 10.4. The molecule has 0 saturated heterocycles. The summed E-state index contributed by atoms with van der Waals surface area (Å²) in [6.07, 6.45) is 2.05. The lowest BCUT2D eigenvalue weighted by atomic mass is 10.2. The van der Waals surface area contributed by atoms with Gasteiger partial charge in [-0.3, -0.25) is 0 Å². The average molecular weight is 374 g/mol. The van der Waals surface area contributed by atoms with Gasteiger partial charge >= 0.3 is 0 Å². The van der Waals surface area contributed by atoms with E-state index < -0.39 is 0 Å². The van der Waals surface area contributed by atoms with E-state index in [-0.39, 0.29) is 0 Å². The predicted octanol–water partition coefficient (Wildman–Crippen LogP) is 3.59. The van der Waals surface area contributed by atoms with Crippen molar-refractivity contribution in [3.8, 4) is 11.5 Å². The lowest BCUT2D eigenvalue weighted by Crippen LogP contribution is -2.08. The molecule has 0 aliphatic heterocycles. The number of anilines is 1. The van der Waals surface area contributed by atoms with Crippen LogP contribution in [-0.4, -0.2) is 21.5 Å². The third-order valence-corrected chi connectivity index (χ3v) is 4.13. The van der Waals surface area contributed by atoms with Crippen LogP contribution in [0.5, 0.6) is 0 Å². The minimum atomic E-state index is 0.719. The first-order valence-electron chi connectivity index (χ1n) is 5.95. The summed E-state index contributed by atoms with van der Waals surface area (Å²) in [5.41, 5.74) is 3.77. The van der Waals surface area contributed by atoms with Gasteiger partial charge in [0.15, 0.2) is 5.82 Å². The highest BCUT2D eigenvalue weighted by atomic mass is 127. The second-order valence-corrected chi connectivity index (χ2v) is 5.61. The van der Waals surface area contributed by atoms with Crippen LogP contribution in [0.3, 0.4) is 0 Å². The number of thiazole rings is 1. The number of hydrogen-bond donors (Lipinski definition) is 1. The molecule has 18 heavy (non-hydrogen) atoms. The SMILES string of the molecule is CCCc1nc(-c2cscn2)nc(NCC)c1I. The van der Waals surface area contributed by atoms with Crippen LogP contribution in [0.1, 0.15) is 26.0 Å². The molecule has 0 bridgehead atoms. The van der Waals surface area contributed by atoms with Crippen molar-refractivity contribution in [2.24, 2.45) is 0 Å². The Balaban J connectivity index is 2.47. The Kier molecular flexibility index (Phi) is 4.87. The zero-order valence-corrected chi connectivity index (χ0v) is 13.4. The summed E-state index contributed by atoms with van der Waals surface area (Å²) in [7, 11) is 0. The first-order valence-corrected chi connectivity index (χ1v) is 7.97. The molecule has 2 aromatic rings. The van der Waals surface area contributed by atoms with Crippen LogP contribution in [0.15, 0.2) is 10.9 Å². The summed E-state index contributed by atoms with van der Waals surface area (Å²) in [5.74, 6) is 1.63. The second-order valence-electron chi connectivity index (χ2n) is 3.81. The number of aromatic nitrogens is 3. The van der Waals surface area contributed by atoms with Crippen LogP contribution in [0.2, 0.25) is 0 Å². The van der Waals surface area contributed by atoms with Gasteiger partial charge in [-0.15, -0.1) is 11.3 Å². The third-order valence-electron chi connectivity index (χ3n) is 2.41. The fourth-order valence-corrected chi connectivity index (χ4v) is 2.85. The van der Waals surface area contributed by atoms with E-state index in [2.05, 4.69) is 56.7 Å². The first-order chi connectivity index (χ1) is 8.76. The Hall–Kier alpha value is -0.760. The average Bonchev–Trinajstić information content (AvgIpc) is 2.88. The summed E-state index contributed by atoms with van der Waals surface area (Å²) >= 11 is 3.88. The molecule has 96 valence electrons. The van der Waals surface area contributed by atoms with Crippen LogP contribution < -0.4 is 5.32 Å². The van der Waals surface area contributed by atoms with E-state index in [1.165, 1.54) is 0 Å². The largest absolute Gasteiger partial charge is 0.369 e. The van der Waals surface area contributed by atoms with Gasteiger partial charge in [-0.1, -0.05) is 13.3 Å². The normalized spacial score (nSPS) is 10.6. The smallest absolute Gasteiger partial charge is 0.181 e. The van der Waals surface area contributed by atoms with E-state index in [0.29, 0.717) is 0 Å². The summed E-state index contributed by atoms with van der Waals surface area (Å²) in [4.78, 5) is 13.5. The predicted molar refractivity (Wildman–Crippen MR) is 84.0 cm³/mol. The van der Waals surface area contributed by atoms with Crippen LogP contribution in [0.25, 0.3) is 11.5 Å². The molecule has 1 N–H and O–H groups in total. The molecule has 0 aromatic carbocycles. The minimum Gasteiger partial charge on any atom is -0.369 e. The van der Waals surface area contributed by atoms with Crippen molar-refractivity contribution in [1.29, 1.82) is 0 Å². The van der Waals surface area contributed by atoms with E-state index in [1.54, 1.807) is 11.3 Å². The van der Waals surface area contributed by atoms with Crippen molar-refractivity contribution in [2.45, 2.75) is 26.7 Å². The third kappa shape index (κ3) is 2.97. The minimum absolute atomic E-state index is 0.719. The van der Waals surface area contributed by atoms with E-state index in [0.717, 1.165) is 46.0 Å². The van der Waals surface area contributed by atoms with Crippen molar-refractivity contribution in [1.82, 2.24) is 15.0 Å². The molecule has 0 aliphatic carbocycles. The fourth-order valence-electron chi connectivity index (χ4n) is 1.62. The summed E-state index contributed by atoms with van der Waals surface area (Å²) in [6, 6.07) is 0. The molecule has 0 amide bonds. The zero-order chi connectivity index (χ0) is 13.0. The quantitative estimate of drug-likeness (QED) is 0.813. The highest BCUT2D eigenvalue weighted by Crippen LogP contribution is 2.24. The lowest BCUT2D eigenvalue weighted by Gasteiger charge is -2.10. The molecule has 0 atom stereocenters. The van der Waals surface area contributed by atoms with E-state index in [9.17, 15) is 0 Å². The summed E-state index contributed by atoms with van der Waals surface area (Å²) in [6.45, 7) is 5.09. The van der Waals surface area contributed by atoms with Gasteiger partial charge in [0, 0.05) is 11.9 Å². The molecule has 0 radical (unpaired) electrons. The Labute approximate surface area is 124 Å². The molecule has 2 aromatic heterocycles. The molecule has 0 spiro atoms. The number of halogens is 1. The Morgan fingerprint density at radius 2 is 2.17 bits per heavy atom. The van der Waals surface area contributed by atoms with Gasteiger partial charge in [0.1, 0.15) is 11.5 Å². The Bertz CT molecular complexity index is 486. The topological polar surface area (TPSA) is 50.7 Å². The van der Waals surface area contributed by atoms with Gasteiger partial charge in [0.2, 0.25) is 0 Å². The van der Waals surface area contributed by atoms with Gasteiger partial charge < -0.3 is 5.32 Å². The van der Waals surface area contributed by atoms with Crippen molar-refractivity contribution in [2.75, 3.05) is 11.9 Å². The molecule has 2 rings (SSSR count). The van der Waals surface area contributed by atoms with Gasteiger partial charge in [-0.25, -0.2) is 15.0 Å². The van der Waals surface area contributed by atoms with Crippen molar-refractivity contribution >= 4 is 39.7 Å². The molecular formula is C12H15IN4S. The summed E-state index contributed by atoms with van der Waals surface area (Å²) < 4.78 is 1.12. The van der Waals surface area contributed by atoms with Crippen LogP contribution in [0.4, 0.5) is 5.82 Å². The van der Waals surface area contributed by atoms with Crippen LogP contribution in [-0.2, 0) is 6.42 Å². The van der Waals surface area contributed by atoms with Crippen molar-refractivity contribution in [3.05, 3.63) is 20.2 Å². The fraction of sp³-hybridized carbons (Fsp3) is 0.417. The second kappa shape index (κ2) is 6.42. The molecule has 0 fully saturated rings. The van der Waals surface area contributed by atoms with Crippen LogP contribution >= 0.6 is 33.9 Å². The maximum Gasteiger partial charge on any atom is 0.181 e. The van der Waals surface area contributed by atoms with Gasteiger partial charge in [0.05, 0.1) is 14.8 Å². The Morgan fingerprint density at radius 3 is 2.78 bits per heavy atom. The van der Waals surface area contributed by atoms with Crippen LogP contribution in [0, 0.1) is 3.57 Å². The van der Waals surface area contributed by atoms with Crippen molar-refractivity contribution in [3.63, 3.8) is 0 Å². The van der Waals surface area contributed by atoms with Gasteiger partial charge in [-0.05, 0) is 35.9 Å². The molecule has 0 unspecified atom stereocenters. The van der Waals surface area contributed by atoms with E-state index in [1.807, 2.05) is 10.9 Å². The van der Waals surface area contributed by atoms with E-state index in [4.69, 9.17) is 0 Å². The molecular weight excluding hydrogens is 359 g/mol. The van der Waals surface area contributed by atoms with Crippen molar-refractivity contribution < 1.29 is 0 Å². The molecule has 0 saturated carbocycles. The molecule has 4 nitrogen and oxygen atoms in total. The standard InChI is InChI=1S/C12H15IN4S/c1-3-5-8-10(13)12(14-4-2)17-11(16-8)9-6-18-7-15-9/h6-7H,3-5H2,1-2H3,(H,14,16,17). The molecule has 2 heterocycles. The monoisotopic (exact) mass is 374 g/mol.